The number of nitrogens with zero attached hydrogens (tertiary/aromatic N) is 2. The molecule has 2 aromatic carbocycles. The van der Waals surface area contributed by atoms with E-state index in [0.717, 1.165) is 5.69 Å². The zero-order chi connectivity index (χ0) is 15.5. The van der Waals surface area contributed by atoms with E-state index in [9.17, 15) is 4.79 Å². The zero-order valence-corrected chi connectivity index (χ0v) is 12.7. The number of anilines is 1. The van der Waals surface area contributed by atoms with Crippen molar-refractivity contribution in [1.29, 1.82) is 0 Å². The molecule has 3 aromatic rings. The van der Waals surface area contributed by atoms with Crippen LogP contribution in [0.5, 0.6) is 0 Å². The Hall–Kier alpha value is -2.53. The van der Waals surface area contributed by atoms with Crippen molar-refractivity contribution in [2.45, 2.75) is 5.16 Å². The van der Waals surface area contributed by atoms with E-state index < -0.39 is 0 Å². The first-order valence-corrected chi connectivity index (χ1v) is 7.80. The second kappa shape index (κ2) is 6.07. The molecule has 0 saturated carbocycles. The van der Waals surface area contributed by atoms with Crippen molar-refractivity contribution < 1.29 is 0 Å². The van der Waals surface area contributed by atoms with Crippen molar-refractivity contribution in [3.8, 4) is 5.69 Å². The lowest BCUT2D eigenvalue weighted by Gasteiger charge is -2.12. The smallest absolute Gasteiger partial charge is 0.266 e. The minimum Gasteiger partial charge on any atom is -0.399 e. The SMILES string of the molecule is C=CCSc1nc2ccc(N)cc2c(=O)n1-c1ccccc1. The second-order valence-electron chi connectivity index (χ2n) is 4.75. The summed E-state index contributed by atoms with van der Waals surface area (Å²) in [6, 6.07) is 14.7. The molecule has 0 aliphatic carbocycles. The van der Waals surface area contributed by atoms with Gasteiger partial charge in [-0.2, -0.15) is 0 Å². The third kappa shape index (κ3) is 2.63. The van der Waals surface area contributed by atoms with Crippen LogP contribution in [0.25, 0.3) is 16.6 Å². The van der Waals surface area contributed by atoms with E-state index in [4.69, 9.17) is 5.73 Å². The van der Waals surface area contributed by atoms with Gasteiger partial charge in [0.25, 0.3) is 5.56 Å². The maximum absolute atomic E-state index is 12.9. The second-order valence-corrected chi connectivity index (χ2v) is 5.73. The first-order valence-electron chi connectivity index (χ1n) is 6.82. The Kier molecular flexibility index (Phi) is 3.98. The third-order valence-corrected chi connectivity index (χ3v) is 4.14. The molecule has 0 saturated heterocycles. The number of thioether (sulfide) groups is 1. The molecule has 3 rings (SSSR count). The fourth-order valence-corrected chi connectivity index (χ4v) is 2.97. The monoisotopic (exact) mass is 309 g/mol. The lowest BCUT2D eigenvalue weighted by Crippen LogP contribution is -2.21. The van der Waals surface area contributed by atoms with Crippen LogP contribution in [0.1, 0.15) is 0 Å². The Bertz CT molecular complexity index is 888. The Labute approximate surface area is 132 Å². The van der Waals surface area contributed by atoms with Gasteiger partial charge in [-0.25, -0.2) is 4.98 Å². The molecule has 5 heteroatoms. The van der Waals surface area contributed by atoms with Crippen molar-refractivity contribution >= 4 is 28.4 Å². The number of hydrogen-bond donors (Lipinski definition) is 1. The van der Waals surface area contributed by atoms with E-state index in [1.54, 1.807) is 28.8 Å². The summed E-state index contributed by atoms with van der Waals surface area (Å²) in [6.45, 7) is 3.72. The van der Waals surface area contributed by atoms with Crippen LogP contribution in [0.3, 0.4) is 0 Å². The largest absolute Gasteiger partial charge is 0.399 e. The van der Waals surface area contributed by atoms with Gasteiger partial charge in [0.2, 0.25) is 0 Å². The molecule has 0 fully saturated rings. The highest BCUT2D eigenvalue weighted by Gasteiger charge is 2.12. The van der Waals surface area contributed by atoms with Crippen LogP contribution in [-0.2, 0) is 0 Å². The molecular weight excluding hydrogens is 294 g/mol. The predicted molar refractivity (Wildman–Crippen MR) is 92.7 cm³/mol. The van der Waals surface area contributed by atoms with E-state index in [1.807, 2.05) is 30.3 Å². The lowest BCUT2D eigenvalue weighted by molar-refractivity contribution is 0.821. The molecule has 0 unspecified atom stereocenters. The Morgan fingerprint density at radius 1 is 1.23 bits per heavy atom. The van der Waals surface area contributed by atoms with Crippen molar-refractivity contribution in [2.24, 2.45) is 0 Å². The van der Waals surface area contributed by atoms with Gasteiger partial charge in [-0.3, -0.25) is 9.36 Å². The zero-order valence-electron chi connectivity index (χ0n) is 11.9. The minimum atomic E-state index is -0.116. The predicted octanol–water partition coefficient (Wildman–Crippen LogP) is 3.25. The first kappa shape index (κ1) is 14.4. The fourth-order valence-electron chi connectivity index (χ4n) is 2.22. The molecule has 110 valence electrons. The topological polar surface area (TPSA) is 60.9 Å². The Balaban J connectivity index is 2.33. The molecule has 0 bridgehead atoms. The molecule has 1 aromatic heterocycles. The van der Waals surface area contributed by atoms with Crippen LogP contribution >= 0.6 is 11.8 Å². The normalized spacial score (nSPS) is 10.7. The van der Waals surface area contributed by atoms with Crippen LogP contribution < -0.4 is 11.3 Å². The van der Waals surface area contributed by atoms with Crippen molar-refractivity contribution in [2.75, 3.05) is 11.5 Å². The van der Waals surface area contributed by atoms with Gasteiger partial charge >= 0.3 is 0 Å². The number of nitrogens with two attached hydrogens (primary N) is 1. The Morgan fingerprint density at radius 3 is 2.73 bits per heavy atom. The summed E-state index contributed by atoms with van der Waals surface area (Å²) in [5, 5.41) is 1.17. The molecule has 0 aliphatic rings. The molecular formula is C17H15N3OS. The number of hydrogen-bond acceptors (Lipinski definition) is 4. The standard InChI is InChI=1S/C17H15N3OS/c1-2-10-22-17-19-15-9-8-12(18)11-14(15)16(21)20(17)13-6-4-3-5-7-13/h2-9,11H,1,10,18H2. The van der Waals surface area contributed by atoms with Crippen molar-refractivity contribution in [3.63, 3.8) is 0 Å². The molecule has 1 heterocycles. The quantitative estimate of drug-likeness (QED) is 0.348. The summed E-state index contributed by atoms with van der Waals surface area (Å²) in [7, 11) is 0. The van der Waals surface area contributed by atoms with E-state index in [-0.39, 0.29) is 5.56 Å². The molecule has 4 nitrogen and oxygen atoms in total. The molecule has 0 radical (unpaired) electrons. The number of benzene rings is 2. The minimum absolute atomic E-state index is 0.116. The lowest BCUT2D eigenvalue weighted by atomic mass is 10.2. The van der Waals surface area contributed by atoms with Gasteiger partial charge < -0.3 is 5.73 Å². The number of nitrogen functional groups attached to an aromatic ring is 1. The summed E-state index contributed by atoms with van der Waals surface area (Å²) < 4.78 is 1.62. The third-order valence-electron chi connectivity index (χ3n) is 3.21. The van der Waals surface area contributed by atoms with Crippen molar-refractivity contribution in [3.05, 3.63) is 71.5 Å². The summed E-state index contributed by atoms with van der Waals surface area (Å²) in [5.74, 6) is 0.680. The summed E-state index contributed by atoms with van der Waals surface area (Å²) in [6.07, 6.45) is 1.79. The average molecular weight is 309 g/mol. The van der Waals surface area contributed by atoms with E-state index in [1.165, 1.54) is 11.8 Å². The van der Waals surface area contributed by atoms with E-state index >= 15 is 0 Å². The molecule has 2 N–H and O–H groups in total. The van der Waals surface area contributed by atoms with Crippen LogP contribution in [0.15, 0.2) is 71.1 Å². The van der Waals surface area contributed by atoms with Gasteiger partial charge in [-0.1, -0.05) is 36.0 Å². The highest BCUT2D eigenvalue weighted by atomic mass is 32.2. The number of rotatable bonds is 4. The first-order chi connectivity index (χ1) is 10.7. The highest BCUT2D eigenvalue weighted by Crippen LogP contribution is 2.22. The molecule has 0 spiro atoms. The van der Waals surface area contributed by atoms with Gasteiger partial charge in [0.15, 0.2) is 5.16 Å². The maximum Gasteiger partial charge on any atom is 0.266 e. The van der Waals surface area contributed by atoms with E-state index in [2.05, 4.69) is 11.6 Å². The van der Waals surface area contributed by atoms with Crippen LogP contribution in [0.4, 0.5) is 5.69 Å². The van der Waals surface area contributed by atoms with Gasteiger partial charge in [-0.05, 0) is 30.3 Å². The number of aromatic nitrogens is 2. The number of fused-ring (bicyclic) bond motifs is 1. The fraction of sp³-hybridized carbons (Fsp3) is 0.0588. The number of para-hydroxylation sites is 1. The molecule has 0 atom stereocenters. The van der Waals surface area contributed by atoms with Gasteiger partial charge in [-0.15, -0.1) is 6.58 Å². The summed E-state index contributed by atoms with van der Waals surface area (Å²) in [5.41, 5.74) is 7.68. The van der Waals surface area contributed by atoms with Crippen LogP contribution in [0.2, 0.25) is 0 Å². The van der Waals surface area contributed by atoms with Gasteiger partial charge in [0.1, 0.15) is 0 Å². The molecule has 0 amide bonds. The maximum atomic E-state index is 12.9. The summed E-state index contributed by atoms with van der Waals surface area (Å²) in [4.78, 5) is 17.5. The van der Waals surface area contributed by atoms with Crippen LogP contribution in [0, 0.1) is 0 Å². The average Bonchev–Trinajstić information content (AvgIpc) is 2.54. The van der Waals surface area contributed by atoms with Gasteiger partial charge in [0.05, 0.1) is 16.6 Å². The van der Waals surface area contributed by atoms with Crippen LogP contribution in [-0.4, -0.2) is 15.3 Å². The highest BCUT2D eigenvalue weighted by molar-refractivity contribution is 7.99. The van der Waals surface area contributed by atoms with Gasteiger partial charge in [0, 0.05) is 11.4 Å². The molecule has 22 heavy (non-hydrogen) atoms. The van der Waals surface area contributed by atoms with Crippen molar-refractivity contribution in [1.82, 2.24) is 9.55 Å². The summed E-state index contributed by atoms with van der Waals surface area (Å²) >= 11 is 1.48. The Morgan fingerprint density at radius 2 is 2.00 bits per heavy atom. The van der Waals surface area contributed by atoms with E-state index in [0.29, 0.717) is 27.5 Å². The molecule has 0 aliphatic heterocycles.